The van der Waals surface area contributed by atoms with Gasteiger partial charge in [-0.15, -0.1) is 0 Å². The number of hydrogen-bond donors (Lipinski definition) is 1. The smallest absolute Gasteiger partial charge is 0.213 e. The number of benzene rings is 2. The maximum atomic E-state index is 5.95. The first kappa shape index (κ1) is 25.4. The largest absolute Gasteiger partial charge is 0.497 e. The number of hydrogen-bond acceptors (Lipinski definition) is 6. The van der Waals surface area contributed by atoms with Crippen LogP contribution in [0.5, 0.6) is 17.4 Å². The molecule has 1 aliphatic heterocycles. The first-order chi connectivity index (χ1) is 18.2. The van der Waals surface area contributed by atoms with Crippen molar-refractivity contribution in [3.8, 4) is 17.4 Å². The lowest BCUT2D eigenvalue weighted by atomic mass is 9.79. The summed E-state index contributed by atoms with van der Waals surface area (Å²) in [6.07, 6.45) is 10.3. The second-order valence-electron chi connectivity index (χ2n) is 10.1. The molecule has 0 saturated carbocycles. The molecule has 0 radical (unpaired) electrons. The molecule has 0 bridgehead atoms. The number of aromatic nitrogens is 1. The number of pyridine rings is 1. The van der Waals surface area contributed by atoms with Crippen LogP contribution in [-0.2, 0) is 12.8 Å². The van der Waals surface area contributed by atoms with Crippen LogP contribution in [0.25, 0.3) is 0 Å². The minimum Gasteiger partial charge on any atom is -0.497 e. The van der Waals surface area contributed by atoms with E-state index in [1.807, 2.05) is 18.3 Å². The Morgan fingerprint density at radius 2 is 1.68 bits per heavy atom. The highest BCUT2D eigenvalue weighted by molar-refractivity contribution is 5.66. The van der Waals surface area contributed by atoms with Gasteiger partial charge in [0.1, 0.15) is 18.1 Å². The molecular weight excluding hydrogens is 462 g/mol. The molecule has 3 aromatic rings. The maximum Gasteiger partial charge on any atom is 0.213 e. The van der Waals surface area contributed by atoms with Crippen LogP contribution in [-0.4, -0.2) is 50.3 Å². The number of methoxy groups -OCH3 is 2. The van der Waals surface area contributed by atoms with E-state index in [2.05, 4.69) is 51.6 Å². The highest BCUT2D eigenvalue weighted by Crippen LogP contribution is 2.39. The SMILES string of the molecule is COc1ccc2c(c1)CCC(c1ccc(OC)cc1Nc1ccc(OCCN3CCCCCC3)nc1)C2. The van der Waals surface area contributed by atoms with Crippen molar-refractivity contribution in [2.45, 2.75) is 50.9 Å². The van der Waals surface area contributed by atoms with Crippen molar-refractivity contribution < 1.29 is 14.2 Å². The van der Waals surface area contributed by atoms with E-state index < -0.39 is 0 Å². The van der Waals surface area contributed by atoms with Gasteiger partial charge < -0.3 is 19.5 Å². The van der Waals surface area contributed by atoms with Crippen molar-refractivity contribution in [1.29, 1.82) is 0 Å². The van der Waals surface area contributed by atoms with Gasteiger partial charge in [0.2, 0.25) is 5.88 Å². The Kier molecular flexibility index (Phi) is 8.46. The van der Waals surface area contributed by atoms with Crippen LogP contribution in [0.15, 0.2) is 54.7 Å². The predicted molar refractivity (Wildman–Crippen MR) is 149 cm³/mol. The third-order valence-corrected chi connectivity index (χ3v) is 7.71. The Bertz CT molecular complexity index is 1160. The molecule has 1 atom stereocenters. The lowest BCUT2D eigenvalue weighted by molar-refractivity contribution is 0.209. The Morgan fingerprint density at radius 3 is 2.43 bits per heavy atom. The molecule has 1 N–H and O–H groups in total. The molecule has 2 aromatic carbocycles. The number of aryl methyl sites for hydroxylation is 1. The van der Waals surface area contributed by atoms with Gasteiger partial charge in [-0.05, 0) is 92.1 Å². The molecule has 1 fully saturated rings. The van der Waals surface area contributed by atoms with E-state index in [4.69, 9.17) is 14.2 Å². The van der Waals surface area contributed by atoms with E-state index in [1.54, 1.807) is 14.2 Å². The molecule has 6 heteroatoms. The highest BCUT2D eigenvalue weighted by Gasteiger charge is 2.23. The lowest BCUT2D eigenvalue weighted by Gasteiger charge is -2.27. The zero-order valence-corrected chi connectivity index (χ0v) is 22.2. The zero-order chi connectivity index (χ0) is 25.5. The fourth-order valence-electron chi connectivity index (χ4n) is 5.58. The Labute approximate surface area is 221 Å². The first-order valence-corrected chi connectivity index (χ1v) is 13.6. The van der Waals surface area contributed by atoms with Crippen molar-refractivity contribution in [3.05, 3.63) is 71.4 Å². The summed E-state index contributed by atoms with van der Waals surface area (Å²) in [6, 6.07) is 16.8. The summed E-state index contributed by atoms with van der Waals surface area (Å²) in [5, 5.41) is 3.60. The van der Waals surface area contributed by atoms with Gasteiger partial charge in [-0.1, -0.05) is 25.0 Å². The standard InChI is InChI=1S/C31H39N3O3/c1-35-27-11-9-23-19-25(8-7-24(23)20-27)29-13-12-28(36-2)21-30(29)33-26-10-14-31(32-22-26)37-18-17-34-15-5-3-4-6-16-34/h9-14,20-22,25,33H,3-8,15-19H2,1-2H3. The van der Waals surface area contributed by atoms with Crippen molar-refractivity contribution >= 4 is 11.4 Å². The molecule has 6 nitrogen and oxygen atoms in total. The summed E-state index contributed by atoms with van der Waals surface area (Å²) in [4.78, 5) is 7.07. The van der Waals surface area contributed by atoms with Gasteiger partial charge in [-0.25, -0.2) is 4.98 Å². The first-order valence-electron chi connectivity index (χ1n) is 13.6. The predicted octanol–water partition coefficient (Wildman–Crippen LogP) is 6.37. The average Bonchev–Trinajstić information content (AvgIpc) is 3.22. The van der Waals surface area contributed by atoms with Crippen molar-refractivity contribution in [1.82, 2.24) is 9.88 Å². The van der Waals surface area contributed by atoms with Gasteiger partial charge >= 0.3 is 0 Å². The van der Waals surface area contributed by atoms with Gasteiger partial charge in [0.15, 0.2) is 0 Å². The molecule has 196 valence electrons. The molecule has 1 aromatic heterocycles. The average molecular weight is 502 g/mol. The number of nitrogens with zero attached hydrogens (tertiary/aromatic N) is 2. The van der Waals surface area contributed by atoms with Crippen LogP contribution < -0.4 is 19.5 Å². The lowest BCUT2D eigenvalue weighted by Crippen LogP contribution is -2.29. The van der Waals surface area contributed by atoms with E-state index in [-0.39, 0.29) is 0 Å². The molecule has 5 rings (SSSR count). The number of ether oxygens (including phenoxy) is 3. The summed E-state index contributed by atoms with van der Waals surface area (Å²) in [7, 11) is 3.44. The van der Waals surface area contributed by atoms with E-state index in [0.717, 1.165) is 48.7 Å². The number of likely N-dealkylation sites (tertiary alicyclic amines) is 1. The molecule has 0 amide bonds. The molecule has 1 saturated heterocycles. The third kappa shape index (κ3) is 6.55. The van der Waals surface area contributed by atoms with Crippen LogP contribution >= 0.6 is 0 Å². The topological polar surface area (TPSA) is 55.9 Å². The van der Waals surface area contributed by atoms with E-state index in [1.165, 1.54) is 55.5 Å². The second-order valence-corrected chi connectivity index (χ2v) is 10.1. The summed E-state index contributed by atoms with van der Waals surface area (Å²) in [5.74, 6) is 2.88. The normalized spacial score (nSPS) is 17.9. The van der Waals surface area contributed by atoms with E-state index in [0.29, 0.717) is 18.4 Å². The minimum atomic E-state index is 0.434. The van der Waals surface area contributed by atoms with Gasteiger partial charge in [0, 0.05) is 24.4 Å². The molecular formula is C31H39N3O3. The molecule has 2 aliphatic rings. The summed E-state index contributed by atoms with van der Waals surface area (Å²) >= 11 is 0. The van der Waals surface area contributed by atoms with Crippen LogP contribution in [0.2, 0.25) is 0 Å². The van der Waals surface area contributed by atoms with Gasteiger partial charge in [0.05, 0.1) is 26.1 Å². The summed E-state index contributed by atoms with van der Waals surface area (Å²) in [6.45, 7) is 4.01. The van der Waals surface area contributed by atoms with Gasteiger partial charge in [0.25, 0.3) is 0 Å². The van der Waals surface area contributed by atoms with Crippen LogP contribution in [0.1, 0.15) is 54.7 Å². The highest BCUT2D eigenvalue weighted by atomic mass is 16.5. The van der Waals surface area contributed by atoms with E-state index in [9.17, 15) is 0 Å². The maximum absolute atomic E-state index is 5.95. The fourth-order valence-corrected chi connectivity index (χ4v) is 5.58. The molecule has 1 unspecified atom stereocenters. The van der Waals surface area contributed by atoms with Crippen LogP contribution in [0, 0.1) is 0 Å². The zero-order valence-electron chi connectivity index (χ0n) is 22.2. The Morgan fingerprint density at radius 1 is 0.892 bits per heavy atom. The fraction of sp³-hybridized carbons (Fsp3) is 0.452. The summed E-state index contributed by atoms with van der Waals surface area (Å²) < 4.78 is 16.9. The molecule has 1 aliphatic carbocycles. The van der Waals surface area contributed by atoms with E-state index >= 15 is 0 Å². The number of anilines is 2. The Balaban J connectivity index is 1.24. The quantitative estimate of drug-likeness (QED) is 0.368. The molecule has 37 heavy (non-hydrogen) atoms. The van der Waals surface area contributed by atoms with Crippen molar-refractivity contribution in [3.63, 3.8) is 0 Å². The number of nitrogens with one attached hydrogen (secondary N) is 1. The Hall–Kier alpha value is -3.25. The summed E-state index contributed by atoms with van der Waals surface area (Å²) in [5.41, 5.74) is 6.12. The van der Waals surface area contributed by atoms with Crippen LogP contribution in [0.3, 0.4) is 0 Å². The molecule has 2 heterocycles. The monoisotopic (exact) mass is 501 g/mol. The van der Waals surface area contributed by atoms with Crippen molar-refractivity contribution in [2.24, 2.45) is 0 Å². The number of fused-ring (bicyclic) bond motifs is 1. The minimum absolute atomic E-state index is 0.434. The third-order valence-electron chi connectivity index (χ3n) is 7.71. The molecule has 0 spiro atoms. The second kappa shape index (κ2) is 12.3. The number of rotatable bonds is 9. The van der Waals surface area contributed by atoms with Gasteiger partial charge in [-0.3, -0.25) is 4.90 Å². The van der Waals surface area contributed by atoms with Gasteiger partial charge in [-0.2, -0.15) is 0 Å². The van der Waals surface area contributed by atoms with Crippen molar-refractivity contribution in [2.75, 3.05) is 45.8 Å². The van der Waals surface area contributed by atoms with Crippen LogP contribution in [0.4, 0.5) is 11.4 Å².